The number of aryl methyl sites for hydroxylation is 1. The molecule has 0 fully saturated rings. The largest absolute Gasteiger partial charge is 0.306 e. The van der Waals surface area contributed by atoms with Crippen molar-refractivity contribution in [1.29, 1.82) is 0 Å². The third kappa shape index (κ3) is 4.48. The summed E-state index contributed by atoms with van der Waals surface area (Å²) in [4.78, 5) is 8.95. The van der Waals surface area contributed by atoms with Crippen LogP contribution in [0.25, 0.3) is 11.4 Å². The first-order valence-corrected chi connectivity index (χ1v) is 8.52. The van der Waals surface area contributed by atoms with E-state index in [1.54, 1.807) is 0 Å². The quantitative estimate of drug-likeness (QED) is 0.701. The molecule has 4 heteroatoms. The van der Waals surface area contributed by atoms with Gasteiger partial charge in [0.1, 0.15) is 5.82 Å². The molecule has 2 aromatic carbocycles. The van der Waals surface area contributed by atoms with Crippen LogP contribution in [0.2, 0.25) is 0 Å². The van der Waals surface area contributed by atoms with E-state index < -0.39 is 0 Å². The zero-order chi connectivity index (χ0) is 17.6. The lowest BCUT2D eigenvalue weighted by molar-refractivity contribution is 0.516. The molecule has 0 saturated carbocycles. The van der Waals surface area contributed by atoms with Gasteiger partial charge in [-0.05, 0) is 37.1 Å². The molecule has 0 radical (unpaired) electrons. The van der Waals surface area contributed by atoms with Crippen LogP contribution in [0, 0.1) is 12.7 Å². The van der Waals surface area contributed by atoms with Crippen LogP contribution in [0.4, 0.5) is 4.39 Å². The summed E-state index contributed by atoms with van der Waals surface area (Å²) in [7, 11) is 0. The van der Waals surface area contributed by atoms with Crippen LogP contribution in [0.3, 0.4) is 0 Å². The van der Waals surface area contributed by atoms with E-state index in [0.717, 1.165) is 28.9 Å². The number of benzene rings is 2. The average molecular weight is 335 g/mol. The minimum absolute atomic E-state index is 0.178. The van der Waals surface area contributed by atoms with E-state index in [9.17, 15) is 4.39 Å². The summed E-state index contributed by atoms with van der Waals surface area (Å²) in [6.07, 6.45) is 4.64. The van der Waals surface area contributed by atoms with E-state index in [4.69, 9.17) is 0 Å². The molecular weight excluding hydrogens is 313 g/mol. The molecule has 3 rings (SSSR count). The zero-order valence-electron chi connectivity index (χ0n) is 14.5. The van der Waals surface area contributed by atoms with Crippen molar-refractivity contribution in [2.75, 3.05) is 0 Å². The Morgan fingerprint density at radius 3 is 2.40 bits per heavy atom. The lowest BCUT2D eigenvalue weighted by atomic mass is 10.0. The maximum atomic E-state index is 13.1. The van der Waals surface area contributed by atoms with E-state index in [2.05, 4.69) is 41.3 Å². The fourth-order valence-electron chi connectivity index (χ4n) is 2.81. The number of aromatic nitrogens is 2. The van der Waals surface area contributed by atoms with Gasteiger partial charge in [0, 0.05) is 36.1 Å². The molecule has 3 nitrogen and oxygen atoms in total. The minimum atomic E-state index is -0.209. The molecule has 0 unspecified atom stereocenters. The van der Waals surface area contributed by atoms with Gasteiger partial charge in [0.15, 0.2) is 5.82 Å². The summed E-state index contributed by atoms with van der Waals surface area (Å²) in [5.41, 5.74) is 4.33. The van der Waals surface area contributed by atoms with E-state index >= 15 is 0 Å². The number of hydrogen-bond donors (Lipinski definition) is 1. The van der Waals surface area contributed by atoms with E-state index in [-0.39, 0.29) is 11.9 Å². The Morgan fingerprint density at radius 1 is 1.04 bits per heavy atom. The Hall–Kier alpha value is -2.59. The van der Waals surface area contributed by atoms with Gasteiger partial charge in [0.25, 0.3) is 0 Å². The van der Waals surface area contributed by atoms with E-state index in [0.29, 0.717) is 6.54 Å². The predicted molar refractivity (Wildman–Crippen MR) is 98.5 cm³/mol. The van der Waals surface area contributed by atoms with Gasteiger partial charge in [-0.25, -0.2) is 14.4 Å². The second-order valence-corrected chi connectivity index (χ2v) is 6.18. The highest BCUT2D eigenvalue weighted by Gasteiger charge is 2.09. The molecule has 1 N–H and O–H groups in total. The summed E-state index contributed by atoms with van der Waals surface area (Å²) in [6.45, 7) is 4.84. The second-order valence-electron chi connectivity index (χ2n) is 6.18. The van der Waals surface area contributed by atoms with E-state index in [1.807, 2.05) is 36.7 Å². The van der Waals surface area contributed by atoms with Gasteiger partial charge < -0.3 is 5.32 Å². The molecule has 25 heavy (non-hydrogen) atoms. The Balaban J connectivity index is 1.65. The molecule has 0 aliphatic carbocycles. The first kappa shape index (κ1) is 17.2. The molecule has 0 aliphatic heterocycles. The van der Waals surface area contributed by atoms with Gasteiger partial charge in [-0.15, -0.1) is 0 Å². The van der Waals surface area contributed by atoms with Crippen LogP contribution in [-0.2, 0) is 6.54 Å². The highest BCUT2D eigenvalue weighted by atomic mass is 19.1. The second kappa shape index (κ2) is 7.99. The van der Waals surface area contributed by atoms with E-state index in [1.165, 1.54) is 17.7 Å². The van der Waals surface area contributed by atoms with Gasteiger partial charge in [-0.2, -0.15) is 0 Å². The van der Waals surface area contributed by atoms with Crippen molar-refractivity contribution in [3.63, 3.8) is 0 Å². The molecule has 1 atom stereocenters. The van der Waals surface area contributed by atoms with Gasteiger partial charge in [0.2, 0.25) is 0 Å². The van der Waals surface area contributed by atoms with Crippen LogP contribution >= 0.6 is 0 Å². The van der Waals surface area contributed by atoms with Crippen LogP contribution in [0.15, 0.2) is 60.9 Å². The van der Waals surface area contributed by atoms with Gasteiger partial charge in [-0.1, -0.05) is 42.8 Å². The van der Waals surface area contributed by atoms with Gasteiger partial charge in [-0.3, -0.25) is 0 Å². The first-order valence-electron chi connectivity index (χ1n) is 8.52. The van der Waals surface area contributed by atoms with Crippen molar-refractivity contribution in [1.82, 2.24) is 15.3 Å². The number of nitrogens with one attached hydrogen (secondary N) is 1. The van der Waals surface area contributed by atoms with Crippen LogP contribution in [0.1, 0.15) is 36.1 Å². The molecule has 3 aromatic rings. The number of rotatable bonds is 6. The Kier molecular flexibility index (Phi) is 5.51. The summed E-state index contributed by atoms with van der Waals surface area (Å²) >= 11 is 0. The Morgan fingerprint density at radius 2 is 1.76 bits per heavy atom. The standard InChI is InChI=1S/C21H22FN3/c1-3-20(17-7-9-19(22)10-8-17)23-12-16-13-24-21(25-14-16)18-6-4-5-15(2)11-18/h4-11,13-14,20,23H,3,12H2,1-2H3/t20-/m1/s1. The van der Waals surface area contributed by atoms with Crippen molar-refractivity contribution in [2.45, 2.75) is 32.9 Å². The molecule has 1 heterocycles. The topological polar surface area (TPSA) is 37.8 Å². The average Bonchev–Trinajstić information content (AvgIpc) is 2.64. The molecule has 0 bridgehead atoms. The smallest absolute Gasteiger partial charge is 0.159 e. The molecular formula is C21H22FN3. The molecule has 0 saturated heterocycles. The SMILES string of the molecule is CC[C@@H](NCc1cnc(-c2cccc(C)c2)nc1)c1ccc(F)cc1. The maximum absolute atomic E-state index is 13.1. The van der Waals surface area contributed by atoms with Crippen molar-refractivity contribution >= 4 is 0 Å². The fourth-order valence-corrected chi connectivity index (χ4v) is 2.81. The van der Waals surface area contributed by atoms with Crippen molar-refractivity contribution in [3.8, 4) is 11.4 Å². The molecule has 128 valence electrons. The Bertz CT molecular complexity index is 813. The molecule has 0 aliphatic rings. The monoisotopic (exact) mass is 335 g/mol. The highest BCUT2D eigenvalue weighted by molar-refractivity contribution is 5.55. The van der Waals surface area contributed by atoms with Gasteiger partial charge >= 0.3 is 0 Å². The third-order valence-corrected chi connectivity index (χ3v) is 4.21. The maximum Gasteiger partial charge on any atom is 0.159 e. The molecule has 0 spiro atoms. The normalized spacial score (nSPS) is 12.1. The van der Waals surface area contributed by atoms with Crippen molar-refractivity contribution in [2.24, 2.45) is 0 Å². The predicted octanol–water partition coefficient (Wildman–Crippen LogP) is 4.83. The molecule has 1 aromatic heterocycles. The number of nitrogens with zero attached hydrogens (tertiary/aromatic N) is 2. The number of hydrogen-bond acceptors (Lipinski definition) is 3. The summed E-state index contributed by atoms with van der Waals surface area (Å²) in [6, 6.07) is 15.0. The van der Waals surface area contributed by atoms with Gasteiger partial charge in [0.05, 0.1) is 0 Å². The first-order chi connectivity index (χ1) is 12.2. The van der Waals surface area contributed by atoms with Crippen molar-refractivity contribution in [3.05, 3.63) is 83.4 Å². The minimum Gasteiger partial charge on any atom is -0.306 e. The lowest BCUT2D eigenvalue weighted by Crippen LogP contribution is -2.20. The number of halogens is 1. The van der Waals surface area contributed by atoms with Crippen LogP contribution in [0.5, 0.6) is 0 Å². The Labute approximate surface area is 148 Å². The highest BCUT2D eigenvalue weighted by Crippen LogP contribution is 2.18. The summed E-state index contributed by atoms with van der Waals surface area (Å²) in [5, 5.41) is 3.49. The van der Waals surface area contributed by atoms with Crippen LogP contribution < -0.4 is 5.32 Å². The van der Waals surface area contributed by atoms with Crippen LogP contribution in [-0.4, -0.2) is 9.97 Å². The summed E-state index contributed by atoms with van der Waals surface area (Å²) in [5.74, 6) is 0.525. The summed E-state index contributed by atoms with van der Waals surface area (Å²) < 4.78 is 13.1. The lowest BCUT2D eigenvalue weighted by Gasteiger charge is -2.17. The zero-order valence-corrected chi connectivity index (χ0v) is 14.5. The molecule has 0 amide bonds. The fraction of sp³-hybridized carbons (Fsp3) is 0.238. The third-order valence-electron chi connectivity index (χ3n) is 4.21. The van der Waals surface area contributed by atoms with Crippen molar-refractivity contribution < 1.29 is 4.39 Å².